The van der Waals surface area contributed by atoms with E-state index in [9.17, 15) is 24.3 Å². The lowest BCUT2D eigenvalue weighted by Gasteiger charge is -2.35. The smallest absolute Gasteiger partial charge is 0.267 e. The van der Waals surface area contributed by atoms with E-state index in [1.54, 1.807) is 17.4 Å². The third kappa shape index (κ3) is 15.7. The Morgan fingerprint density at radius 3 is 2.40 bits per heavy atom. The number of aliphatic hydroxyl groups is 1. The maximum Gasteiger partial charge on any atom is 0.267 e. The molecule has 3 aromatic heterocycles. The second kappa shape index (κ2) is 26.0. The number of aromatic nitrogens is 4. The van der Waals surface area contributed by atoms with Crippen molar-refractivity contribution in [2.45, 2.75) is 98.4 Å². The largest absolute Gasteiger partial charge is 0.391 e. The van der Waals surface area contributed by atoms with Crippen molar-refractivity contribution < 1.29 is 33.8 Å². The number of aliphatic hydroxyl groups excluding tert-OH is 1. The summed E-state index contributed by atoms with van der Waals surface area (Å²) >= 11 is 9.12. The van der Waals surface area contributed by atoms with Gasteiger partial charge in [0.1, 0.15) is 41.0 Å². The topological polar surface area (TPSA) is 216 Å². The van der Waals surface area contributed by atoms with Crippen molar-refractivity contribution in [2.75, 3.05) is 81.2 Å². The van der Waals surface area contributed by atoms with Crippen LogP contribution in [0.4, 0.5) is 22.5 Å². The molecule has 2 aliphatic heterocycles. The number of carbonyl (C=O) groups is 4. The lowest BCUT2D eigenvalue weighted by Crippen LogP contribution is -2.58. The number of hydrogen-bond acceptors (Lipinski definition) is 16. The first kappa shape index (κ1) is 55.1. The van der Waals surface area contributed by atoms with E-state index in [4.69, 9.17) is 26.1 Å². The number of aryl methyl sites for hydroxylation is 3. The molecule has 2 fully saturated rings. The highest BCUT2D eigenvalue weighted by molar-refractivity contribution is 7.17. The summed E-state index contributed by atoms with van der Waals surface area (Å²) in [6.07, 6.45) is 4.95. The van der Waals surface area contributed by atoms with Crippen molar-refractivity contribution >= 4 is 80.4 Å². The van der Waals surface area contributed by atoms with Crippen LogP contribution in [0.5, 0.6) is 0 Å². The molecule has 0 spiro atoms. The van der Waals surface area contributed by atoms with Gasteiger partial charge in [-0.1, -0.05) is 92.9 Å². The summed E-state index contributed by atoms with van der Waals surface area (Å²) in [6, 6.07) is 13.5. The summed E-state index contributed by atoms with van der Waals surface area (Å²) < 4.78 is 11.4. The van der Waals surface area contributed by atoms with E-state index in [2.05, 4.69) is 46.0 Å². The molecule has 2 saturated heterocycles. The lowest BCUT2D eigenvalue weighted by molar-refractivity contribution is -0.144. The zero-order valence-corrected chi connectivity index (χ0v) is 44.9. The van der Waals surface area contributed by atoms with Crippen molar-refractivity contribution in [1.29, 1.82) is 0 Å². The molecule has 5 heterocycles. The zero-order chi connectivity index (χ0) is 52.1. The summed E-state index contributed by atoms with van der Waals surface area (Å²) in [6.45, 7) is 17.1. The first-order valence-corrected chi connectivity index (χ1v) is 26.9. The van der Waals surface area contributed by atoms with Crippen LogP contribution in [0.25, 0.3) is 10.4 Å². The van der Waals surface area contributed by atoms with Gasteiger partial charge in [0.2, 0.25) is 17.7 Å². The van der Waals surface area contributed by atoms with Crippen LogP contribution in [0.15, 0.2) is 60.2 Å². The quantitative estimate of drug-likeness (QED) is 0.0411. The van der Waals surface area contributed by atoms with Crippen LogP contribution in [0.1, 0.15) is 85.2 Å². The normalized spacial score (nSPS) is 16.6. The number of para-hydroxylation sites is 1. The fraction of sp³-hybridized carbons (Fsp3) is 0.500. The number of amides is 4. The summed E-state index contributed by atoms with van der Waals surface area (Å²) in [7, 11) is 0. The van der Waals surface area contributed by atoms with Gasteiger partial charge in [-0.25, -0.2) is 19.9 Å². The van der Waals surface area contributed by atoms with Gasteiger partial charge >= 0.3 is 0 Å². The molecule has 4 amide bonds. The molecule has 21 heteroatoms. The number of β-amino-alcohol motifs (C(OH)–C–C–N with tert-alkyl or cyclic N) is 1. The Kier molecular flexibility index (Phi) is 19.7. The maximum atomic E-state index is 14.0. The van der Waals surface area contributed by atoms with Crippen LogP contribution in [-0.2, 0) is 30.4 Å². The Bertz CT molecular complexity index is 2630. The van der Waals surface area contributed by atoms with Gasteiger partial charge in [0.05, 0.1) is 52.3 Å². The first-order chi connectivity index (χ1) is 35.0. The molecule has 0 saturated carbocycles. The Labute approximate surface area is 440 Å². The van der Waals surface area contributed by atoms with Crippen LogP contribution < -0.4 is 26.2 Å². The van der Waals surface area contributed by atoms with Crippen LogP contribution in [0.3, 0.4) is 0 Å². The van der Waals surface area contributed by atoms with Gasteiger partial charge < -0.3 is 45.6 Å². The number of unbranched alkanes of at least 4 members (excludes halogenated alkanes) is 3. The van der Waals surface area contributed by atoms with E-state index in [1.165, 1.54) is 22.4 Å². The maximum absolute atomic E-state index is 14.0. The van der Waals surface area contributed by atoms with Crippen molar-refractivity contribution in [2.24, 2.45) is 5.41 Å². The number of likely N-dealkylation sites (tertiary alicyclic amines) is 1. The number of nitrogens with one attached hydrogen (secondary N) is 4. The van der Waals surface area contributed by atoms with Crippen molar-refractivity contribution in [3.8, 4) is 10.4 Å². The predicted molar refractivity (Wildman–Crippen MR) is 287 cm³/mol. The molecule has 0 bridgehead atoms. The molecule has 0 aliphatic carbocycles. The second-order valence-electron chi connectivity index (χ2n) is 19.6. The summed E-state index contributed by atoms with van der Waals surface area (Å²) in [4.78, 5) is 79.1. The van der Waals surface area contributed by atoms with Crippen molar-refractivity contribution in [3.05, 3.63) is 92.8 Å². The average molecular weight is 1060 g/mol. The summed E-state index contributed by atoms with van der Waals surface area (Å²) in [5, 5.41) is 23.5. The molecule has 2 aromatic carbocycles. The first-order valence-electron chi connectivity index (χ1n) is 24.8. The van der Waals surface area contributed by atoms with Gasteiger partial charge in [-0.2, -0.15) is 0 Å². The Morgan fingerprint density at radius 1 is 0.918 bits per heavy atom. The zero-order valence-electron chi connectivity index (χ0n) is 42.5. The number of halogens is 1. The summed E-state index contributed by atoms with van der Waals surface area (Å²) in [5.41, 5.74) is 5.51. The number of benzene rings is 2. The Balaban J connectivity index is 0.735. The Hall–Kier alpha value is -5.61. The molecule has 3 atom stereocenters. The standard InChI is InChI=1S/C52H68ClN11O7S2/c1-33-12-11-13-39(53)45(33)61-49(68)41-29-55-51(73-41)59-42-27-43(58-35(3)57-42)63-21-19-62(20-22-63)18-9-7-8-10-23-70-24-25-71-31-44(66)60-47(52(4,5)6)50(69)64-30-38(65)26-40(64)48(67)54-28-36-14-16-37(17-15-36)46-34(2)56-32-72-46/h11-17,27,29,32,38,40,47,65H,7-10,18-26,28,30-31H2,1-6H3,(H,54,67)(H,60,66)(H,61,68)(H,55,57,58,59). The highest BCUT2D eigenvalue weighted by atomic mass is 35.5. The number of carbonyl (C=O) groups excluding carboxylic acids is 4. The minimum absolute atomic E-state index is 0.00400. The van der Waals surface area contributed by atoms with E-state index >= 15 is 0 Å². The number of nitrogens with zero attached hydrogens (tertiary/aromatic N) is 7. The third-order valence-corrected chi connectivity index (χ3v) is 15.0. The van der Waals surface area contributed by atoms with Crippen LogP contribution in [0.2, 0.25) is 5.02 Å². The highest BCUT2D eigenvalue weighted by Gasteiger charge is 2.44. The number of rotatable bonds is 23. The molecule has 2 aliphatic rings. The number of anilines is 4. The summed E-state index contributed by atoms with van der Waals surface area (Å²) in [5.74, 6) is 0.588. The lowest BCUT2D eigenvalue weighted by atomic mass is 9.85. The minimum atomic E-state index is -0.945. The van der Waals surface area contributed by atoms with Crippen LogP contribution >= 0.6 is 34.3 Å². The molecule has 18 nitrogen and oxygen atoms in total. The van der Waals surface area contributed by atoms with Gasteiger partial charge in [0, 0.05) is 58.4 Å². The third-order valence-electron chi connectivity index (χ3n) is 12.8. The average Bonchev–Trinajstić information content (AvgIpc) is 4.12. The SMILES string of the molecule is Cc1nc(Nc2ncc(C(=O)Nc3c(C)cccc3Cl)s2)cc(N2CCN(CCCCCCOCCOCC(=O)NC(C(=O)N3CC(O)CC3C(=O)NCc3ccc(-c4scnc4C)cc3)C(C)(C)C)CC2)n1. The minimum Gasteiger partial charge on any atom is -0.391 e. The van der Waals surface area contributed by atoms with Gasteiger partial charge in [-0.3, -0.25) is 24.1 Å². The molecule has 5 aromatic rings. The monoisotopic (exact) mass is 1060 g/mol. The fourth-order valence-electron chi connectivity index (χ4n) is 8.75. The van der Waals surface area contributed by atoms with Gasteiger partial charge in [-0.15, -0.1) is 11.3 Å². The van der Waals surface area contributed by atoms with E-state index in [-0.39, 0.29) is 44.5 Å². The highest BCUT2D eigenvalue weighted by Crippen LogP contribution is 2.31. The van der Waals surface area contributed by atoms with E-state index in [0.29, 0.717) is 45.6 Å². The van der Waals surface area contributed by atoms with Gasteiger partial charge in [-0.05, 0) is 68.3 Å². The number of thiazole rings is 2. The molecular weight excluding hydrogens is 990 g/mol. The van der Waals surface area contributed by atoms with Crippen molar-refractivity contribution in [3.63, 3.8) is 0 Å². The van der Waals surface area contributed by atoms with Crippen LogP contribution in [-0.4, -0.2) is 142 Å². The number of hydrogen-bond donors (Lipinski definition) is 5. The number of piperazine rings is 1. The predicted octanol–water partition coefficient (Wildman–Crippen LogP) is 7.16. The second-order valence-corrected chi connectivity index (χ2v) is 21.8. The molecule has 392 valence electrons. The molecule has 73 heavy (non-hydrogen) atoms. The Morgan fingerprint density at radius 2 is 1.67 bits per heavy atom. The molecule has 3 unspecified atom stereocenters. The van der Waals surface area contributed by atoms with Gasteiger partial charge in [0.25, 0.3) is 5.91 Å². The van der Waals surface area contributed by atoms with Crippen LogP contribution in [0, 0.1) is 26.2 Å². The van der Waals surface area contributed by atoms with E-state index < -0.39 is 35.4 Å². The van der Waals surface area contributed by atoms with Gasteiger partial charge in [0.15, 0.2) is 5.13 Å². The molecule has 5 N–H and O–H groups in total. The molecular formula is C52H68ClN11O7S2. The van der Waals surface area contributed by atoms with E-state index in [1.807, 2.05) is 89.5 Å². The molecule has 7 rings (SSSR count). The molecule has 0 radical (unpaired) electrons. The fourth-order valence-corrected chi connectivity index (χ4v) is 10.6. The number of ether oxygens (including phenoxy) is 2. The van der Waals surface area contributed by atoms with Crippen molar-refractivity contribution in [1.82, 2.24) is 40.4 Å². The van der Waals surface area contributed by atoms with E-state index in [0.717, 1.165) is 91.5 Å².